The normalized spacial score (nSPS) is 27.0. The molecular weight excluding hydrogens is 465 g/mol. The predicted octanol–water partition coefficient (Wildman–Crippen LogP) is 4.06. The summed E-state index contributed by atoms with van der Waals surface area (Å²) in [7, 11) is 0. The van der Waals surface area contributed by atoms with Crippen LogP contribution < -0.4 is 5.32 Å². The van der Waals surface area contributed by atoms with E-state index in [4.69, 9.17) is 14.5 Å². The first-order chi connectivity index (χ1) is 13.3. The summed E-state index contributed by atoms with van der Waals surface area (Å²) in [6.45, 7) is 7.97. The number of aliphatic imine (C=N–C) groups is 1. The fourth-order valence-corrected chi connectivity index (χ4v) is 4.77. The van der Waals surface area contributed by atoms with E-state index in [-0.39, 0.29) is 24.0 Å². The van der Waals surface area contributed by atoms with Crippen LogP contribution >= 0.6 is 24.0 Å². The predicted molar refractivity (Wildman–Crippen MR) is 124 cm³/mol. The van der Waals surface area contributed by atoms with Crippen molar-refractivity contribution >= 4 is 29.9 Å². The summed E-state index contributed by atoms with van der Waals surface area (Å²) in [5, 5.41) is 3.54. The third-order valence-corrected chi connectivity index (χ3v) is 6.78. The highest BCUT2D eigenvalue weighted by Crippen LogP contribution is 2.49. The largest absolute Gasteiger partial charge is 0.376 e. The van der Waals surface area contributed by atoms with E-state index in [9.17, 15) is 0 Å². The third kappa shape index (κ3) is 6.73. The van der Waals surface area contributed by atoms with Crippen molar-refractivity contribution in [2.24, 2.45) is 22.7 Å². The van der Waals surface area contributed by atoms with Crippen LogP contribution in [-0.4, -0.2) is 62.5 Å². The van der Waals surface area contributed by atoms with E-state index in [0.717, 1.165) is 75.9 Å². The fraction of sp³-hybridized carbons (Fsp3) is 0.955. The van der Waals surface area contributed by atoms with Gasteiger partial charge in [-0.05, 0) is 82.5 Å². The Labute approximate surface area is 188 Å². The molecule has 4 aliphatic rings. The Morgan fingerprint density at radius 1 is 1.07 bits per heavy atom. The molecule has 0 amide bonds. The molecule has 28 heavy (non-hydrogen) atoms. The molecule has 0 radical (unpaired) electrons. The van der Waals surface area contributed by atoms with Crippen LogP contribution in [0.25, 0.3) is 0 Å². The van der Waals surface area contributed by atoms with Gasteiger partial charge in [0.15, 0.2) is 5.96 Å². The SMILES string of the molecule is CCNC(=NCC(C1CC1)C1CC1)N1CCC(OCC2CCCCO2)CC1.I. The van der Waals surface area contributed by atoms with Crippen LogP contribution in [0.5, 0.6) is 0 Å². The van der Waals surface area contributed by atoms with Gasteiger partial charge in [-0.2, -0.15) is 0 Å². The van der Waals surface area contributed by atoms with E-state index in [0.29, 0.717) is 12.2 Å². The summed E-state index contributed by atoms with van der Waals surface area (Å²) in [5.41, 5.74) is 0. The number of piperidine rings is 1. The Morgan fingerprint density at radius 2 is 1.79 bits per heavy atom. The number of rotatable bonds is 8. The summed E-state index contributed by atoms with van der Waals surface area (Å²) >= 11 is 0. The first-order valence-electron chi connectivity index (χ1n) is 11.6. The molecule has 5 nitrogen and oxygen atoms in total. The van der Waals surface area contributed by atoms with Gasteiger partial charge < -0.3 is 19.7 Å². The summed E-state index contributed by atoms with van der Waals surface area (Å²) in [6.07, 6.45) is 12.4. The van der Waals surface area contributed by atoms with Gasteiger partial charge in [0.25, 0.3) is 0 Å². The second-order valence-electron chi connectivity index (χ2n) is 9.04. The first kappa shape index (κ1) is 22.6. The number of nitrogens with one attached hydrogen (secondary N) is 1. The molecular formula is C22H40IN3O2. The van der Waals surface area contributed by atoms with Crippen molar-refractivity contribution in [3.8, 4) is 0 Å². The first-order valence-corrected chi connectivity index (χ1v) is 11.6. The Balaban J connectivity index is 0.00000225. The van der Waals surface area contributed by atoms with Gasteiger partial charge in [-0.3, -0.25) is 4.99 Å². The number of nitrogens with zero attached hydrogens (tertiary/aromatic N) is 2. The van der Waals surface area contributed by atoms with E-state index < -0.39 is 0 Å². The molecule has 0 aromatic carbocycles. The van der Waals surface area contributed by atoms with Crippen molar-refractivity contribution in [3.05, 3.63) is 0 Å². The van der Waals surface area contributed by atoms with Gasteiger partial charge >= 0.3 is 0 Å². The van der Waals surface area contributed by atoms with Crippen LogP contribution in [0.15, 0.2) is 4.99 Å². The summed E-state index contributed by atoms with van der Waals surface area (Å²) in [5.74, 6) is 3.95. The highest BCUT2D eigenvalue weighted by atomic mass is 127. The molecule has 2 saturated carbocycles. The molecule has 1 N–H and O–H groups in total. The van der Waals surface area contributed by atoms with Crippen molar-refractivity contribution in [1.29, 1.82) is 0 Å². The number of ether oxygens (including phenoxy) is 2. The third-order valence-electron chi connectivity index (χ3n) is 6.78. The van der Waals surface area contributed by atoms with Gasteiger partial charge in [0.05, 0.1) is 18.8 Å². The number of guanidine groups is 1. The van der Waals surface area contributed by atoms with Crippen molar-refractivity contribution in [1.82, 2.24) is 10.2 Å². The molecule has 1 unspecified atom stereocenters. The molecule has 162 valence electrons. The van der Waals surface area contributed by atoms with E-state index in [1.807, 2.05) is 0 Å². The Morgan fingerprint density at radius 3 is 2.36 bits per heavy atom. The molecule has 4 fully saturated rings. The highest BCUT2D eigenvalue weighted by molar-refractivity contribution is 14.0. The molecule has 0 spiro atoms. The van der Waals surface area contributed by atoms with Gasteiger partial charge in [0.1, 0.15) is 0 Å². The standard InChI is InChI=1S/C22H39N3O2.HI/c1-2-23-22(24-15-21(17-6-7-17)18-8-9-18)25-12-10-19(11-13-25)27-16-20-5-3-4-14-26-20;/h17-21H,2-16H2,1H3,(H,23,24);1H. The zero-order valence-electron chi connectivity index (χ0n) is 17.6. The maximum absolute atomic E-state index is 6.18. The number of hydrogen-bond acceptors (Lipinski definition) is 3. The molecule has 0 aromatic rings. The van der Waals surface area contributed by atoms with E-state index in [2.05, 4.69) is 17.1 Å². The highest BCUT2D eigenvalue weighted by Gasteiger charge is 2.41. The van der Waals surface area contributed by atoms with Gasteiger partial charge in [0.2, 0.25) is 0 Å². The topological polar surface area (TPSA) is 46.1 Å². The van der Waals surface area contributed by atoms with Gasteiger partial charge in [-0.25, -0.2) is 0 Å². The molecule has 1 atom stereocenters. The van der Waals surface area contributed by atoms with Crippen LogP contribution in [0, 0.1) is 17.8 Å². The second kappa shape index (κ2) is 11.3. The van der Waals surface area contributed by atoms with Gasteiger partial charge in [0, 0.05) is 32.8 Å². The Bertz CT molecular complexity index is 470. The van der Waals surface area contributed by atoms with Crippen LogP contribution in [0.4, 0.5) is 0 Å². The average molecular weight is 505 g/mol. The molecule has 2 heterocycles. The van der Waals surface area contributed by atoms with Crippen molar-refractivity contribution < 1.29 is 9.47 Å². The van der Waals surface area contributed by atoms with Gasteiger partial charge in [-0.1, -0.05) is 0 Å². The van der Waals surface area contributed by atoms with Gasteiger partial charge in [-0.15, -0.1) is 24.0 Å². The van der Waals surface area contributed by atoms with Crippen LogP contribution in [0.3, 0.4) is 0 Å². The molecule has 2 aliphatic carbocycles. The lowest BCUT2D eigenvalue weighted by atomic mass is 9.98. The zero-order valence-corrected chi connectivity index (χ0v) is 19.9. The van der Waals surface area contributed by atoms with E-state index >= 15 is 0 Å². The monoisotopic (exact) mass is 505 g/mol. The lowest BCUT2D eigenvalue weighted by Crippen LogP contribution is -2.47. The van der Waals surface area contributed by atoms with E-state index in [1.165, 1.54) is 44.9 Å². The Kier molecular flexibility index (Phi) is 9.16. The molecule has 0 bridgehead atoms. The fourth-order valence-electron chi connectivity index (χ4n) is 4.77. The van der Waals surface area contributed by atoms with Crippen LogP contribution in [-0.2, 0) is 9.47 Å². The lowest BCUT2D eigenvalue weighted by Gasteiger charge is -2.35. The minimum atomic E-state index is 0. The summed E-state index contributed by atoms with van der Waals surface area (Å²) in [4.78, 5) is 7.53. The van der Waals surface area contributed by atoms with E-state index in [1.54, 1.807) is 0 Å². The molecule has 0 aromatic heterocycles. The molecule has 2 aliphatic heterocycles. The van der Waals surface area contributed by atoms with Crippen molar-refractivity contribution in [2.75, 3.05) is 39.4 Å². The maximum Gasteiger partial charge on any atom is 0.193 e. The maximum atomic E-state index is 6.18. The summed E-state index contributed by atoms with van der Waals surface area (Å²) in [6, 6.07) is 0. The summed E-state index contributed by atoms with van der Waals surface area (Å²) < 4.78 is 12.0. The molecule has 6 heteroatoms. The Hall–Kier alpha value is -0.0800. The number of halogens is 1. The zero-order chi connectivity index (χ0) is 18.5. The smallest absolute Gasteiger partial charge is 0.193 e. The quantitative estimate of drug-likeness (QED) is 0.307. The average Bonchev–Trinajstić information content (AvgIpc) is 3.61. The van der Waals surface area contributed by atoms with Crippen LogP contribution in [0.1, 0.15) is 64.7 Å². The minimum absolute atomic E-state index is 0. The second-order valence-corrected chi connectivity index (χ2v) is 9.04. The molecule has 2 saturated heterocycles. The minimum Gasteiger partial charge on any atom is -0.376 e. The van der Waals surface area contributed by atoms with Crippen LogP contribution in [0.2, 0.25) is 0 Å². The van der Waals surface area contributed by atoms with Crippen molar-refractivity contribution in [2.45, 2.75) is 76.9 Å². The number of hydrogen-bond donors (Lipinski definition) is 1. The molecule has 4 rings (SSSR count). The number of likely N-dealkylation sites (tertiary alicyclic amines) is 1. The lowest BCUT2D eigenvalue weighted by molar-refractivity contribution is -0.0721. The van der Waals surface area contributed by atoms with Crippen molar-refractivity contribution in [3.63, 3.8) is 0 Å².